The summed E-state index contributed by atoms with van der Waals surface area (Å²) in [5, 5.41) is 36.1. The highest BCUT2D eigenvalue weighted by molar-refractivity contribution is 5.64. The van der Waals surface area contributed by atoms with E-state index in [1.54, 1.807) is 21.0 Å². The second-order valence-electron chi connectivity index (χ2n) is 4.78. The second-order valence-corrected chi connectivity index (χ2v) is 4.78. The minimum Gasteiger partial charge on any atom is -0.318 e. The molecule has 0 saturated heterocycles. The zero-order valence-electron chi connectivity index (χ0n) is 13.2. The van der Waals surface area contributed by atoms with Gasteiger partial charge in [-0.25, -0.2) is 9.97 Å². The molecule has 0 spiro atoms. The first-order valence-corrected chi connectivity index (χ1v) is 6.66. The number of hydrogen-bond donors (Lipinski definition) is 0. The zero-order chi connectivity index (χ0) is 17.9. The van der Waals surface area contributed by atoms with Crippen molar-refractivity contribution in [2.45, 2.75) is 6.92 Å². The molecule has 2 heterocycles. The van der Waals surface area contributed by atoms with Gasteiger partial charge in [0.15, 0.2) is 22.8 Å². The normalized spacial score (nSPS) is 9.12. The van der Waals surface area contributed by atoms with Gasteiger partial charge in [0, 0.05) is 25.7 Å². The van der Waals surface area contributed by atoms with Gasteiger partial charge < -0.3 is 9.13 Å². The largest absolute Gasteiger partial charge is 0.318 e. The van der Waals surface area contributed by atoms with Gasteiger partial charge >= 0.3 is 0 Å². The summed E-state index contributed by atoms with van der Waals surface area (Å²) in [6.45, 7) is 1.72. The van der Waals surface area contributed by atoms with Crippen LogP contribution in [0.25, 0.3) is 11.6 Å². The van der Waals surface area contributed by atoms with Crippen LogP contribution >= 0.6 is 0 Å². The molecule has 24 heavy (non-hydrogen) atoms. The Balaban J connectivity index is 2.57. The molecule has 0 atom stereocenters. The summed E-state index contributed by atoms with van der Waals surface area (Å²) in [6, 6.07) is 7.60. The molecule has 0 unspecified atom stereocenters. The van der Waals surface area contributed by atoms with Gasteiger partial charge in [-0.2, -0.15) is 21.0 Å². The van der Waals surface area contributed by atoms with E-state index in [2.05, 4.69) is 15.7 Å². The first-order chi connectivity index (χ1) is 11.5. The summed E-state index contributed by atoms with van der Waals surface area (Å²) in [6.07, 6.45) is 1.52. The van der Waals surface area contributed by atoms with Crippen LogP contribution in [0.5, 0.6) is 0 Å². The molecule has 0 aliphatic rings. The summed E-state index contributed by atoms with van der Waals surface area (Å²) in [7, 11) is 3.26. The fourth-order valence-corrected chi connectivity index (χ4v) is 2.13. The molecule has 8 heteroatoms. The number of rotatable bonds is 2. The first-order valence-electron chi connectivity index (χ1n) is 6.66. The van der Waals surface area contributed by atoms with Crippen LogP contribution in [0.3, 0.4) is 0 Å². The van der Waals surface area contributed by atoms with Crippen LogP contribution in [-0.4, -0.2) is 19.1 Å². The third-order valence-corrected chi connectivity index (χ3v) is 3.40. The Hall–Kier alpha value is -4.10. The van der Waals surface area contributed by atoms with E-state index in [9.17, 15) is 0 Å². The number of nitriles is 4. The van der Waals surface area contributed by atoms with Gasteiger partial charge in [-0.1, -0.05) is 0 Å². The van der Waals surface area contributed by atoms with Gasteiger partial charge in [0.2, 0.25) is 0 Å². The predicted molar refractivity (Wildman–Crippen MR) is 82.3 cm³/mol. The molecule has 114 valence electrons. The minimum absolute atomic E-state index is 0.0428. The lowest BCUT2D eigenvalue weighted by atomic mass is 10.3. The van der Waals surface area contributed by atoms with Crippen LogP contribution in [0.1, 0.15) is 41.3 Å². The molecular weight excluding hydrogens is 304 g/mol. The molecule has 0 saturated carbocycles. The first kappa shape index (κ1) is 16.3. The molecule has 0 radical (unpaired) electrons. The van der Waals surface area contributed by atoms with E-state index in [0.29, 0.717) is 17.2 Å². The average Bonchev–Trinajstić information content (AvgIpc) is 3.08. The van der Waals surface area contributed by atoms with Crippen molar-refractivity contribution in [2.75, 3.05) is 0 Å². The lowest BCUT2D eigenvalue weighted by Crippen LogP contribution is -1.97. The van der Waals surface area contributed by atoms with Crippen molar-refractivity contribution in [3.63, 3.8) is 0 Å². The maximum Gasteiger partial charge on any atom is 0.177 e. The topological polar surface area (TPSA) is 131 Å². The quantitative estimate of drug-likeness (QED) is 0.769. The van der Waals surface area contributed by atoms with E-state index in [-0.39, 0.29) is 22.8 Å². The molecule has 8 nitrogen and oxygen atoms in total. The second kappa shape index (κ2) is 6.34. The molecule has 2 aromatic heterocycles. The highest BCUT2D eigenvalue weighted by Gasteiger charge is 2.15. The van der Waals surface area contributed by atoms with Gasteiger partial charge in [-0.05, 0) is 6.92 Å². The van der Waals surface area contributed by atoms with Gasteiger partial charge in [0.05, 0.1) is 0 Å². The average molecular weight is 314 g/mol. The molecule has 0 bridgehead atoms. The Labute approximate surface area is 138 Å². The fraction of sp³-hybridized carbons (Fsp3) is 0.188. The molecule has 2 aromatic rings. The number of aromatic nitrogens is 4. The highest BCUT2D eigenvalue weighted by Crippen LogP contribution is 2.16. The summed E-state index contributed by atoms with van der Waals surface area (Å²) in [5.41, 5.74) is 3.97. The van der Waals surface area contributed by atoms with Crippen molar-refractivity contribution in [3.8, 4) is 24.3 Å². The summed E-state index contributed by atoms with van der Waals surface area (Å²) in [5.74, 6) is 0.812. The lowest BCUT2D eigenvalue weighted by Gasteiger charge is -1.99. The smallest absolute Gasteiger partial charge is 0.177 e. The summed E-state index contributed by atoms with van der Waals surface area (Å²) >= 11 is 0. The Kier molecular flexibility index (Phi) is 4.30. The third kappa shape index (κ3) is 2.54. The molecule has 0 aromatic carbocycles. The van der Waals surface area contributed by atoms with Crippen LogP contribution in [0.2, 0.25) is 0 Å². The van der Waals surface area contributed by atoms with Crippen LogP contribution in [0, 0.1) is 45.3 Å². The van der Waals surface area contributed by atoms with E-state index < -0.39 is 0 Å². The zero-order valence-corrected chi connectivity index (χ0v) is 13.2. The Morgan fingerprint density at radius 1 is 0.875 bits per heavy atom. The number of allylic oxidation sites excluding steroid dienone is 1. The number of imidazole rings is 2. The van der Waals surface area contributed by atoms with E-state index >= 15 is 0 Å². The lowest BCUT2D eigenvalue weighted by molar-refractivity contribution is 0.873. The number of nitrogens with zero attached hydrogens (tertiary/aromatic N) is 8. The van der Waals surface area contributed by atoms with Crippen molar-refractivity contribution < 1.29 is 0 Å². The van der Waals surface area contributed by atoms with Gasteiger partial charge in [0.1, 0.15) is 35.9 Å². The predicted octanol–water partition coefficient (Wildman–Crippen LogP) is 1.36. The molecular formula is C16H10N8. The molecule has 2 rings (SSSR count). The molecule has 0 amide bonds. The van der Waals surface area contributed by atoms with Crippen LogP contribution in [0.15, 0.2) is 5.73 Å². The summed E-state index contributed by atoms with van der Waals surface area (Å²) < 4.78 is 2.99. The van der Waals surface area contributed by atoms with Crippen LogP contribution in [0.4, 0.5) is 0 Å². The Bertz CT molecular complexity index is 1060. The van der Waals surface area contributed by atoms with E-state index in [1.807, 2.05) is 24.3 Å². The highest BCUT2D eigenvalue weighted by atomic mass is 15.1. The third-order valence-electron chi connectivity index (χ3n) is 3.40. The van der Waals surface area contributed by atoms with E-state index in [4.69, 9.17) is 21.0 Å². The van der Waals surface area contributed by atoms with Gasteiger partial charge in [-0.3, -0.25) is 0 Å². The maximum absolute atomic E-state index is 9.08. The fourth-order valence-electron chi connectivity index (χ4n) is 2.13. The number of hydrogen-bond acceptors (Lipinski definition) is 6. The van der Waals surface area contributed by atoms with Crippen molar-refractivity contribution >= 4 is 11.6 Å². The van der Waals surface area contributed by atoms with Crippen molar-refractivity contribution in [1.82, 2.24) is 19.1 Å². The standard InChI is InChI=1S/C16H10N8/c1-10(16-22-12(7-18)14(9-20)24(16)3)4-5-15-21-11(6-17)13(8-19)23(15)2/h5H,1-3H3. The van der Waals surface area contributed by atoms with Crippen molar-refractivity contribution in [2.24, 2.45) is 14.1 Å². The van der Waals surface area contributed by atoms with Gasteiger partial charge in [0.25, 0.3) is 0 Å². The van der Waals surface area contributed by atoms with Crippen molar-refractivity contribution in [3.05, 3.63) is 40.2 Å². The van der Waals surface area contributed by atoms with E-state index in [0.717, 1.165) is 0 Å². The molecule has 0 aliphatic heterocycles. The SMILES string of the molecule is CC(=C=Cc1nc(C#N)c(C#N)n1C)c1nc(C#N)c(C#N)n1C. The molecule has 0 N–H and O–H groups in total. The maximum atomic E-state index is 9.08. The summed E-state index contributed by atoms with van der Waals surface area (Å²) in [4.78, 5) is 8.17. The van der Waals surface area contributed by atoms with Gasteiger partial charge in [-0.15, -0.1) is 5.73 Å². The Morgan fingerprint density at radius 2 is 1.42 bits per heavy atom. The van der Waals surface area contributed by atoms with E-state index in [1.165, 1.54) is 15.2 Å². The van der Waals surface area contributed by atoms with Crippen molar-refractivity contribution in [1.29, 1.82) is 21.0 Å². The Morgan fingerprint density at radius 3 is 1.88 bits per heavy atom. The molecule has 0 fully saturated rings. The monoisotopic (exact) mass is 314 g/mol. The minimum atomic E-state index is 0.0428. The van der Waals surface area contributed by atoms with Crippen LogP contribution < -0.4 is 0 Å². The molecule has 0 aliphatic carbocycles. The van der Waals surface area contributed by atoms with Crippen LogP contribution in [-0.2, 0) is 14.1 Å².